The first-order chi connectivity index (χ1) is 21.6. The standard InChI is InChI=1S/C18H12N5.C15H10O3.C2H3N.Cu/c1-2-8-14-13(7-1)17(21-15-9-3-5-11-19-15)23-18(14)22-16-10-4-6-12-20-16;16-13-11-8-4-5-9-12(11)18-15(14(13)17)10-6-2-1-3-7-10;1-2-3;/h1-12H;1-9,17H;1H3;/q-1;;;+2/p-1. The van der Waals surface area contributed by atoms with Crippen LogP contribution in [0.1, 0.15) is 18.1 Å². The maximum atomic E-state index is 12.0. The quantitative estimate of drug-likeness (QED) is 0.189. The normalized spacial score (nSPS) is 12.8. The van der Waals surface area contributed by atoms with Crippen molar-refractivity contribution in [3.8, 4) is 23.1 Å². The number of benzene rings is 3. The van der Waals surface area contributed by atoms with Gasteiger partial charge >= 0.3 is 17.1 Å². The Kier molecular flexibility index (Phi) is 11.1. The van der Waals surface area contributed by atoms with Crippen LogP contribution in [-0.2, 0) is 17.1 Å². The van der Waals surface area contributed by atoms with Crippen LogP contribution < -0.4 is 10.5 Å². The van der Waals surface area contributed by atoms with Gasteiger partial charge in [0.05, 0.1) is 23.1 Å². The molecule has 7 rings (SSSR count). The van der Waals surface area contributed by atoms with E-state index < -0.39 is 11.2 Å². The van der Waals surface area contributed by atoms with Crippen LogP contribution in [0.2, 0.25) is 0 Å². The molecule has 3 aromatic heterocycles. The largest absolute Gasteiger partial charge is 2.00 e. The predicted octanol–water partition coefficient (Wildman–Crippen LogP) is 7.08. The topological polar surface area (TPSA) is 142 Å². The molecule has 9 nitrogen and oxygen atoms in total. The van der Waals surface area contributed by atoms with E-state index in [-0.39, 0.29) is 22.8 Å². The number of nitrogens with zero attached hydrogens (tertiary/aromatic N) is 6. The Morgan fingerprint density at radius 2 is 1.22 bits per heavy atom. The minimum atomic E-state index is -0.597. The third-order valence-corrected chi connectivity index (χ3v) is 6.15. The molecule has 0 spiro atoms. The molecule has 3 aromatic carbocycles. The molecule has 1 aliphatic heterocycles. The van der Waals surface area contributed by atoms with Crippen LogP contribution in [0.3, 0.4) is 0 Å². The number of hydrogen-bond donors (Lipinski definition) is 0. The number of fused-ring (bicyclic) bond motifs is 2. The molecule has 0 bridgehead atoms. The molecule has 10 heteroatoms. The second-order valence-electron chi connectivity index (χ2n) is 9.08. The van der Waals surface area contributed by atoms with Gasteiger partial charge in [-0.2, -0.15) is 5.26 Å². The molecule has 0 N–H and O–H groups in total. The van der Waals surface area contributed by atoms with Gasteiger partial charge in [-0.1, -0.05) is 78.9 Å². The third kappa shape index (κ3) is 7.75. The fourth-order valence-corrected chi connectivity index (χ4v) is 4.23. The van der Waals surface area contributed by atoms with E-state index in [0.717, 1.165) is 11.1 Å². The summed E-state index contributed by atoms with van der Waals surface area (Å²) in [6.07, 6.45) is 3.42. The van der Waals surface area contributed by atoms with Gasteiger partial charge in [-0.25, -0.2) is 0 Å². The van der Waals surface area contributed by atoms with Crippen molar-refractivity contribution in [3.63, 3.8) is 0 Å². The average Bonchev–Trinajstić information content (AvgIpc) is 3.41. The number of aliphatic imine (C=N–C) groups is 2. The molecule has 0 saturated carbocycles. The Morgan fingerprint density at radius 3 is 1.76 bits per heavy atom. The van der Waals surface area contributed by atoms with Gasteiger partial charge in [-0.05, 0) is 53.3 Å². The molecular weight excluding hydrogens is 616 g/mol. The van der Waals surface area contributed by atoms with Gasteiger partial charge in [-0.3, -0.25) is 14.8 Å². The summed E-state index contributed by atoms with van der Waals surface area (Å²) in [6, 6.07) is 36.5. The number of para-hydroxylation sites is 1. The van der Waals surface area contributed by atoms with E-state index >= 15 is 0 Å². The smallest absolute Gasteiger partial charge is 0.867 e. The first kappa shape index (κ1) is 32.0. The summed E-state index contributed by atoms with van der Waals surface area (Å²) in [7, 11) is 0. The summed E-state index contributed by atoms with van der Waals surface area (Å²) < 4.78 is 5.55. The van der Waals surface area contributed by atoms with Crippen LogP contribution in [0.25, 0.3) is 27.6 Å². The van der Waals surface area contributed by atoms with Crippen LogP contribution in [-0.4, -0.2) is 21.6 Å². The van der Waals surface area contributed by atoms with Gasteiger partial charge in [0.2, 0.25) is 0 Å². The first-order valence-electron chi connectivity index (χ1n) is 13.5. The Bertz CT molecular complexity index is 1970. The Morgan fingerprint density at radius 1 is 0.733 bits per heavy atom. The van der Waals surface area contributed by atoms with Crippen molar-refractivity contribution < 1.29 is 26.6 Å². The number of aromatic nitrogens is 2. The van der Waals surface area contributed by atoms with Crippen LogP contribution in [0.5, 0.6) is 5.75 Å². The van der Waals surface area contributed by atoms with Crippen LogP contribution in [0, 0.1) is 11.3 Å². The van der Waals surface area contributed by atoms with Gasteiger partial charge in [0, 0.05) is 36.6 Å². The Hall–Kier alpha value is -5.88. The molecule has 0 atom stereocenters. The monoisotopic (exact) mass is 639 g/mol. The summed E-state index contributed by atoms with van der Waals surface area (Å²) in [5, 5.41) is 24.2. The number of nitriles is 1. The Labute approximate surface area is 269 Å². The molecule has 0 unspecified atom stereocenters. The van der Waals surface area contributed by atoms with Crippen molar-refractivity contribution in [1.29, 1.82) is 5.26 Å². The third-order valence-electron chi connectivity index (χ3n) is 6.15. The van der Waals surface area contributed by atoms with Crippen LogP contribution in [0.15, 0.2) is 147 Å². The minimum absolute atomic E-state index is 0. The van der Waals surface area contributed by atoms with Crippen molar-refractivity contribution >= 4 is 34.3 Å². The zero-order valence-corrected chi connectivity index (χ0v) is 24.8. The van der Waals surface area contributed by atoms with Gasteiger partial charge in [0.15, 0.2) is 5.43 Å². The summed E-state index contributed by atoms with van der Waals surface area (Å²) in [6.45, 7) is 1.43. The maximum Gasteiger partial charge on any atom is 2.00 e. The van der Waals surface area contributed by atoms with Gasteiger partial charge < -0.3 is 24.8 Å². The fraction of sp³-hybridized carbons (Fsp3) is 0.0286. The van der Waals surface area contributed by atoms with E-state index in [0.29, 0.717) is 39.8 Å². The molecule has 6 aromatic rings. The summed E-state index contributed by atoms with van der Waals surface area (Å²) in [5.41, 5.74) is 2.43. The molecule has 0 saturated heterocycles. The molecule has 4 heterocycles. The van der Waals surface area contributed by atoms with E-state index in [1.807, 2.05) is 66.7 Å². The molecule has 45 heavy (non-hydrogen) atoms. The SMILES string of the molecule is CC#N.O=c1c([O-])c(-c2ccccc2)oc2ccccc12.[Cu+2].c1ccc(/N=C2\[N-]/C(=N\c3ccccn3)c3ccccc32)nc1. The van der Waals surface area contributed by atoms with Crippen molar-refractivity contribution in [2.75, 3.05) is 0 Å². The van der Waals surface area contributed by atoms with E-state index in [1.54, 1.807) is 67.0 Å². The summed E-state index contributed by atoms with van der Waals surface area (Å²) in [4.78, 5) is 29.5. The van der Waals surface area contributed by atoms with E-state index in [2.05, 4.69) is 25.3 Å². The summed E-state index contributed by atoms with van der Waals surface area (Å²) >= 11 is 0. The van der Waals surface area contributed by atoms with Gasteiger partial charge in [-0.15, -0.1) is 0 Å². The van der Waals surface area contributed by atoms with Crippen LogP contribution in [0.4, 0.5) is 11.6 Å². The molecule has 0 aliphatic carbocycles. The zero-order chi connectivity index (χ0) is 30.7. The molecular formula is C35H24CuN6O3. The number of rotatable bonds is 3. The van der Waals surface area contributed by atoms with Crippen molar-refractivity contribution in [2.24, 2.45) is 9.98 Å². The molecule has 1 aliphatic rings. The van der Waals surface area contributed by atoms with Crippen molar-refractivity contribution in [3.05, 3.63) is 154 Å². The van der Waals surface area contributed by atoms with E-state index in [4.69, 9.17) is 9.68 Å². The minimum Gasteiger partial charge on any atom is -0.867 e. The first-order valence-corrected chi connectivity index (χ1v) is 13.5. The predicted molar refractivity (Wildman–Crippen MR) is 169 cm³/mol. The molecule has 223 valence electrons. The Balaban J connectivity index is 0.000000189. The van der Waals surface area contributed by atoms with E-state index in [9.17, 15) is 9.90 Å². The van der Waals surface area contributed by atoms with Crippen LogP contribution >= 0.6 is 0 Å². The van der Waals surface area contributed by atoms with Gasteiger partial charge in [0.1, 0.15) is 11.3 Å². The maximum absolute atomic E-state index is 12.0. The second kappa shape index (κ2) is 15.5. The number of pyridine rings is 2. The van der Waals surface area contributed by atoms with Crippen molar-refractivity contribution in [1.82, 2.24) is 9.97 Å². The van der Waals surface area contributed by atoms with Gasteiger partial charge in [0.25, 0.3) is 0 Å². The second-order valence-corrected chi connectivity index (χ2v) is 9.08. The number of amidine groups is 2. The summed E-state index contributed by atoms with van der Waals surface area (Å²) in [5.74, 6) is 1.99. The average molecular weight is 640 g/mol. The fourth-order valence-electron chi connectivity index (χ4n) is 4.23. The molecule has 0 amide bonds. The van der Waals surface area contributed by atoms with Crippen molar-refractivity contribution in [2.45, 2.75) is 6.92 Å². The molecule has 0 fully saturated rings. The zero-order valence-electron chi connectivity index (χ0n) is 23.8. The number of hydrogen-bond acceptors (Lipinski definition) is 8. The molecule has 1 radical (unpaired) electrons. The van der Waals surface area contributed by atoms with E-state index in [1.165, 1.54) is 6.92 Å².